The van der Waals surface area contributed by atoms with Crippen molar-refractivity contribution in [1.29, 1.82) is 0 Å². The normalized spacial score (nSPS) is 17.7. The molecule has 11 nitrogen and oxygen atoms in total. The molecule has 12 heteroatoms. The Morgan fingerprint density at radius 3 is 2.26 bits per heavy atom. The Kier molecular flexibility index (Phi) is 14.0. The number of nitrogens with one attached hydrogen (secondary N) is 2. The maximum absolute atomic E-state index is 13.9. The third kappa shape index (κ3) is 11.1. The minimum atomic E-state index is -0.844. The summed E-state index contributed by atoms with van der Waals surface area (Å²) in [5.74, 6) is -0.905. The number of unbranched alkanes of at least 4 members (excludes halogenated alkanes) is 6. The highest BCUT2D eigenvalue weighted by Crippen LogP contribution is 2.29. The zero-order chi connectivity index (χ0) is 33.9. The van der Waals surface area contributed by atoms with E-state index in [1.807, 2.05) is 64.4 Å². The molecule has 2 heterocycles. The molecular weight excluding hydrogens is 606 g/mol. The number of aliphatic hydroxyl groups is 1. The highest BCUT2D eigenvalue weighted by atomic mass is 32.1. The molecule has 0 saturated carbocycles. The van der Waals surface area contributed by atoms with E-state index in [1.54, 1.807) is 11.3 Å². The lowest BCUT2D eigenvalue weighted by Gasteiger charge is -2.35. The quantitative estimate of drug-likeness (QED) is 0.185. The molecular formula is C34H51N5O6S. The van der Waals surface area contributed by atoms with Gasteiger partial charge in [0.05, 0.1) is 34.8 Å². The van der Waals surface area contributed by atoms with Gasteiger partial charge in [0.1, 0.15) is 12.1 Å². The second-order valence-corrected chi connectivity index (χ2v) is 14.1. The zero-order valence-corrected chi connectivity index (χ0v) is 28.7. The number of primary amides is 1. The van der Waals surface area contributed by atoms with Gasteiger partial charge in [-0.05, 0) is 43.2 Å². The van der Waals surface area contributed by atoms with E-state index < -0.39 is 29.7 Å². The average Bonchev–Trinajstić information content (AvgIpc) is 3.61. The first-order valence-electron chi connectivity index (χ1n) is 16.3. The lowest BCUT2D eigenvalue weighted by Crippen LogP contribution is -2.57. The molecule has 1 aromatic heterocycles. The van der Waals surface area contributed by atoms with E-state index in [4.69, 9.17) is 10.5 Å². The molecule has 1 aliphatic rings. The van der Waals surface area contributed by atoms with Crippen LogP contribution in [0.5, 0.6) is 0 Å². The first kappa shape index (κ1) is 37.0. The largest absolute Gasteiger partial charge is 0.450 e. The molecule has 254 valence electrons. The summed E-state index contributed by atoms with van der Waals surface area (Å²) >= 11 is 1.58. The molecule has 5 N–H and O–H groups in total. The van der Waals surface area contributed by atoms with Gasteiger partial charge in [-0.3, -0.25) is 14.4 Å². The monoisotopic (exact) mass is 657 g/mol. The fourth-order valence-electron chi connectivity index (χ4n) is 5.69. The van der Waals surface area contributed by atoms with Crippen molar-refractivity contribution in [1.82, 2.24) is 20.5 Å². The number of β-amino-alcohol motifs (C(OH)–C–C–N with tert-alkyl or cyclic N) is 1. The first-order valence-corrected chi connectivity index (χ1v) is 17.2. The van der Waals surface area contributed by atoms with Gasteiger partial charge in [0.2, 0.25) is 17.7 Å². The van der Waals surface area contributed by atoms with E-state index >= 15 is 0 Å². The van der Waals surface area contributed by atoms with E-state index in [0.29, 0.717) is 19.4 Å². The van der Waals surface area contributed by atoms with Crippen LogP contribution in [-0.4, -0.2) is 70.1 Å². The molecule has 46 heavy (non-hydrogen) atoms. The van der Waals surface area contributed by atoms with Gasteiger partial charge in [-0.2, -0.15) is 0 Å². The summed E-state index contributed by atoms with van der Waals surface area (Å²) in [6.07, 6.45) is 5.23. The number of nitrogens with two attached hydrogens (primary N) is 1. The highest BCUT2D eigenvalue weighted by Gasteiger charge is 2.44. The van der Waals surface area contributed by atoms with Crippen molar-refractivity contribution < 1.29 is 29.0 Å². The van der Waals surface area contributed by atoms with Crippen LogP contribution in [0.4, 0.5) is 4.79 Å². The molecule has 1 aliphatic heterocycles. The smallest absolute Gasteiger partial charge is 0.404 e. The molecule has 4 amide bonds. The molecule has 1 aromatic carbocycles. The third-order valence-electron chi connectivity index (χ3n) is 8.35. The summed E-state index contributed by atoms with van der Waals surface area (Å²) in [6, 6.07) is 5.97. The van der Waals surface area contributed by atoms with Crippen LogP contribution >= 0.6 is 11.3 Å². The fraction of sp³-hybridized carbons (Fsp3) is 0.618. The van der Waals surface area contributed by atoms with Crippen molar-refractivity contribution >= 4 is 35.2 Å². The lowest BCUT2D eigenvalue weighted by molar-refractivity contribution is -0.144. The summed E-state index contributed by atoms with van der Waals surface area (Å²) in [4.78, 5) is 57.7. The van der Waals surface area contributed by atoms with E-state index in [-0.39, 0.29) is 36.7 Å². The Morgan fingerprint density at radius 1 is 1.04 bits per heavy atom. The number of likely N-dealkylation sites (tertiary alicyclic amines) is 1. The van der Waals surface area contributed by atoms with Gasteiger partial charge in [-0.1, -0.05) is 77.1 Å². The summed E-state index contributed by atoms with van der Waals surface area (Å²) in [5, 5.41) is 16.5. The van der Waals surface area contributed by atoms with Crippen LogP contribution in [0.2, 0.25) is 0 Å². The van der Waals surface area contributed by atoms with Crippen molar-refractivity contribution in [2.24, 2.45) is 11.1 Å². The molecule has 0 aliphatic carbocycles. The van der Waals surface area contributed by atoms with Crippen LogP contribution in [0, 0.1) is 12.3 Å². The van der Waals surface area contributed by atoms with Gasteiger partial charge in [0.15, 0.2) is 0 Å². The molecule has 0 spiro atoms. The number of hydrogen-bond donors (Lipinski definition) is 4. The number of thiazole rings is 1. The SMILES string of the molecule is Cc1ncsc1-c1ccc(C(C)NC(=O)[C@@H]2C[C@@H](O)CN2C(=O)C(NC(=O)CCCCCCCCCOC(N)=O)C(C)(C)C)cc1. The number of ether oxygens (including phenoxy) is 1. The third-order valence-corrected chi connectivity index (χ3v) is 9.33. The number of rotatable bonds is 16. The summed E-state index contributed by atoms with van der Waals surface area (Å²) in [7, 11) is 0. The highest BCUT2D eigenvalue weighted by molar-refractivity contribution is 7.13. The van der Waals surface area contributed by atoms with Crippen LogP contribution in [0.1, 0.15) is 103 Å². The second-order valence-electron chi connectivity index (χ2n) is 13.3. The molecule has 2 aromatic rings. The van der Waals surface area contributed by atoms with Gasteiger partial charge >= 0.3 is 6.09 Å². The minimum Gasteiger partial charge on any atom is -0.450 e. The average molecular weight is 658 g/mol. The zero-order valence-electron chi connectivity index (χ0n) is 27.8. The Morgan fingerprint density at radius 2 is 1.67 bits per heavy atom. The van der Waals surface area contributed by atoms with Crippen LogP contribution in [0.25, 0.3) is 10.4 Å². The number of benzene rings is 1. The van der Waals surface area contributed by atoms with E-state index in [1.165, 1.54) is 4.90 Å². The standard InChI is InChI=1S/C34H51N5O6S/c1-22(24-14-16-25(17-15-24)29-23(2)36-21-46-29)37-31(42)27-19-26(40)20-39(27)32(43)30(34(3,4)5)38-28(41)13-11-9-7-6-8-10-12-18-45-33(35)44/h14-17,21-22,26-27,30,40H,6-13,18-20H2,1-5H3,(H2,35,44)(H,37,42)(H,38,41)/t22?,26-,27+,30?/m1/s1. The van der Waals surface area contributed by atoms with Crippen LogP contribution in [-0.2, 0) is 19.1 Å². The van der Waals surface area contributed by atoms with Crippen molar-refractivity contribution in [2.45, 2.75) is 117 Å². The van der Waals surface area contributed by atoms with Crippen LogP contribution < -0.4 is 16.4 Å². The van der Waals surface area contributed by atoms with Gasteiger partial charge in [0, 0.05) is 19.4 Å². The molecule has 0 radical (unpaired) electrons. The number of amides is 4. The topological polar surface area (TPSA) is 164 Å². The predicted octanol–water partition coefficient (Wildman–Crippen LogP) is 5.00. The number of aryl methyl sites for hydroxylation is 1. The predicted molar refractivity (Wildman–Crippen MR) is 179 cm³/mol. The minimum absolute atomic E-state index is 0.0330. The Labute approximate surface area is 276 Å². The Bertz CT molecular complexity index is 1310. The molecule has 1 saturated heterocycles. The van der Waals surface area contributed by atoms with Crippen molar-refractivity contribution in [2.75, 3.05) is 13.2 Å². The number of hydrogen-bond acceptors (Lipinski definition) is 8. The number of aromatic nitrogens is 1. The number of aliphatic hydroxyl groups excluding tert-OH is 1. The van der Waals surface area contributed by atoms with E-state index in [9.17, 15) is 24.3 Å². The number of carbonyl (C=O) groups excluding carboxylic acids is 4. The molecule has 0 bridgehead atoms. The van der Waals surface area contributed by atoms with Gasteiger partial charge in [-0.25, -0.2) is 9.78 Å². The van der Waals surface area contributed by atoms with Gasteiger partial charge in [-0.15, -0.1) is 11.3 Å². The lowest BCUT2D eigenvalue weighted by atomic mass is 9.85. The molecule has 1 fully saturated rings. The van der Waals surface area contributed by atoms with Gasteiger partial charge < -0.3 is 31.1 Å². The maximum atomic E-state index is 13.9. The van der Waals surface area contributed by atoms with Crippen molar-refractivity contribution in [3.63, 3.8) is 0 Å². The molecule has 2 unspecified atom stereocenters. The number of carbonyl (C=O) groups is 4. The summed E-state index contributed by atoms with van der Waals surface area (Å²) in [6.45, 7) is 9.88. The Balaban J connectivity index is 1.51. The van der Waals surface area contributed by atoms with Gasteiger partial charge in [0.25, 0.3) is 0 Å². The first-order chi connectivity index (χ1) is 21.8. The molecule has 3 rings (SSSR count). The van der Waals surface area contributed by atoms with Crippen molar-refractivity contribution in [3.05, 3.63) is 41.0 Å². The van der Waals surface area contributed by atoms with E-state index in [2.05, 4.69) is 15.6 Å². The summed E-state index contributed by atoms with van der Waals surface area (Å²) in [5.41, 5.74) is 9.12. The Hall–Kier alpha value is -3.51. The van der Waals surface area contributed by atoms with Crippen molar-refractivity contribution in [3.8, 4) is 10.4 Å². The summed E-state index contributed by atoms with van der Waals surface area (Å²) < 4.78 is 4.72. The molecule has 4 atom stereocenters. The van der Waals surface area contributed by atoms with Crippen LogP contribution in [0.15, 0.2) is 29.8 Å². The maximum Gasteiger partial charge on any atom is 0.404 e. The van der Waals surface area contributed by atoms with Crippen LogP contribution in [0.3, 0.4) is 0 Å². The second kappa shape index (κ2) is 17.4. The fourth-order valence-corrected chi connectivity index (χ4v) is 6.50. The number of nitrogens with zero attached hydrogens (tertiary/aromatic N) is 2. The van der Waals surface area contributed by atoms with E-state index in [0.717, 1.165) is 60.2 Å².